The summed E-state index contributed by atoms with van der Waals surface area (Å²) < 4.78 is 5.00. The lowest BCUT2D eigenvalue weighted by Gasteiger charge is -2.15. The largest absolute Gasteiger partial charge is 0.465 e. The summed E-state index contributed by atoms with van der Waals surface area (Å²) >= 11 is 2.77. The number of nitrogens with one attached hydrogen (secondary N) is 1. The second-order valence-corrected chi connectivity index (χ2v) is 8.94. The third-order valence-electron chi connectivity index (χ3n) is 4.58. The summed E-state index contributed by atoms with van der Waals surface area (Å²) in [6, 6.07) is 15.3. The van der Waals surface area contributed by atoms with Crippen LogP contribution < -0.4 is 11.1 Å². The summed E-state index contributed by atoms with van der Waals surface area (Å²) in [5.41, 5.74) is 9.66. The Labute approximate surface area is 184 Å². The Morgan fingerprint density at radius 2 is 1.93 bits per heavy atom. The number of hydrogen-bond donors (Lipinski definition) is 2. The molecule has 156 valence electrons. The molecule has 1 amide bonds. The predicted molar refractivity (Wildman–Crippen MR) is 125 cm³/mol. The highest BCUT2D eigenvalue weighted by Crippen LogP contribution is 2.37. The van der Waals surface area contributed by atoms with Gasteiger partial charge in [0.15, 0.2) is 0 Å². The molecule has 1 unspecified atom stereocenters. The molecule has 5 nitrogen and oxygen atoms in total. The molecule has 0 aliphatic heterocycles. The summed E-state index contributed by atoms with van der Waals surface area (Å²) in [7, 11) is 1.34. The fraction of sp³-hybridized carbons (Fsp3) is 0.217. The lowest BCUT2D eigenvalue weighted by molar-refractivity contribution is -0.115. The van der Waals surface area contributed by atoms with Gasteiger partial charge in [0.05, 0.1) is 12.4 Å². The minimum absolute atomic E-state index is 0.160. The van der Waals surface area contributed by atoms with Gasteiger partial charge >= 0.3 is 5.97 Å². The summed E-state index contributed by atoms with van der Waals surface area (Å²) in [6.45, 7) is 3.96. The van der Waals surface area contributed by atoms with Crippen molar-refractivity contribution < 1.29 is 14.3 Å². The molecule has 3 rings (SSSR count). The van der Waals surface area contributed by atoms with Crippen molar-refractivity contribution in [3.8, 4) is 11.1 Å². The van der Waals surface area contributed by atoms with E-state index in [-0.39, 0.29) is 11.2 Å². The molecule has 0 fully saturated rings. The molecule has 0 saturated carbocycles. The molecule has 1 heterocycles. The van der Waals surface area contributed by atoms with Crippen LogP contribution in [0.1, 0.15) is 29.3 Å². The first-order chi connectivity index (χ1) is 14.4. The van der Waals surface area contributed by atoms with Crippen LogP contribution in [0.2, 0.25) is 0 Å². The number of amides is 1. The van der Waals surface area contributed by atoms with Crippen molar-refractivity contribution in [2.24, 2.45) is 0 Å². The minimum atomic E-state index is -0.473. The first-order valence-electron chi connectivity index (χ1n) is 9.52. The molecule has 0 aliphatic rings. The average Bonchev–Trinajstić information content (AvgIpc) is 3.15. The summed E-state index contributed by atoms with van der Waals surface area (Å²) in [4.78, 5) is 26.4. The molecule has 30 heavy (non-hydrogen) atoms. The quantitative estimate of drug-likeness (QED) is 0.284. The molecule has 3 aromatic rings. The zero-order chi connectivity index (χ0) is 21.7. The van der Waals surface area contributed by atoms with Crippen LogP contribution in [-0.2, 0) is 9.53 Å². The van der Waals surface area contributed by atoms with Crippen molar-refractivity contribution >= 4 is 45.7 Å². The number of hydrogen-bond acceptors (Lipinski definition) is 6. The number of aryl methyl sites for hydroxylation is 1. The molecule has 0 saturated heterocycles. The third kappa shape index (κ3) is 5.04. The van der Waals surface area contributed by atoms with Gasteiger partial charge in [-0.25, -0.2) is 4.79 Å². The molecule has 0 aliphatic carbocycles. The van der Waals surface area contributed by atoms with Crippen molar-refractivity contribution in [2.75, 3.05) is 18.2 Å². The number of nitrogen functional groups attached to an aromatic ring is 1. The Kier molecular flexibility index (Phi) is 7.18. The summed E-state index contributed by atoms with van der Waals surface area (Å²) in [5.74, 6) is -0.633. The number of methoxy groups -OCH3 is 1. The van der Waals surface area contributed by atoms with Crippen molar-refractivity contribution in [1.82, 2.24) is 0 Å². The molecular formula is C23H24N2O3S2. The van der Waals surface area contributed by atoms with Crippen LogP contribution in [-0.4, -0.2) is 24.2 Å². The van der Waals surface area contributed by atoms with E-state index in [9.17, 15) is 9.59 Å². The van der Waals surface area contributed by atoms with E-state index < -0.39 is 5.97 Å². The van der Waals surface area contributed by atoms with Crippen LogP contribution in [0.4, 0.5) is 10.7 Å². The Bertz CT molecular complexity index is 1040. The zero-order valence-electron chi connectivity index (χ0n) is 17.1. The van der Waals surface area contributed by atoms with Gasteiger partial charge in [-0.1, -0.05) is 42.8 Å². The Balaban J connectivity index is 1.86. The number of thiophene rings is 1. The van der Waals surface area contributed by atoms with Gasteiger partial charge in [-0.05, 0) is 37.1 Å². The number of carbonyl (C=O) groups excluding carboxylic acids is 2. The maximum atomic E-state index is 13.0. The normalized spacial score (nSPS) is 11.7. The van der Waals surface area contributed by atoms with Crippen LogP contribution in [0.5, 0.6) is 0 Å². The number of benzene rings is 2. The van der Waals surface area contributed by atoms with Gasteiger partial charge in [0.2, 0.25) is 5.91 Å². The monoisotopic (exact) mass is 440 g/mol. The highest BCUT2D eigenvalue weighted by Gasteiger charge is 2.25. The van der Waals surface area contributed by atoms with Crippen LogP contribution in [0.15, 0.2) is 58.8 Å². The van der Waals surface area contributed by atoms with E-state index in [4.69, 9.17) is 10.5 Å². The number of rotatable bonds is 7. The van der Waals surface area contributed by atoms with Gasteiger partial charge < -0.3 is 15.8 Å². The van der Waals surface area contributed by atoms with Crippen molar-refractivity contribution in [3.63, 3.8) is 0 Å². The number of ether oxygens (including phenoxy) is 1. The van der Waals surface area contributed by atoms with E-state index in [2.05, 4.69) is 5.32 Å². The molecule has 1 aromatic heterocycles. The fourth-order valence-electron chi connectivity index (χ4n) is 2.97. The summed E-state index contributed by atoms with van der Waals surface area (Å²) in [6.07, 6.45) is 0.634. The number of anilines is 2. The maximum absolute atomic E-state index is 13.0. The van der Waals surface area contributed by atoms with Gasteiger partial charge in [0.25, 0.3) is 0 Å². The molecule has 1 atom stereocenters. The number of carbonyl (C=O) groups is 2. The van der Waals surface area contributed by atoms with E-state index in [0.29, 0.717) is 22.7 Å². The van der Waals surface area contributed by atoms with E-state index in [0.717, 1.165) is 21.6 Å². The third-order valence-corrected chi connectivity index (χ3v) is 6.83. The van der Waals surface area contributed by atoms with Crippen LogP contribution in [0.3, 0.4) is 0 Å². The van der Waals surface area contributed by atoms with Crippen molar-refractivity contribution in [1.29, 1.82) is 0 Å². The number of thioether (sulfide) groups is 1. The highest BCUT2D eigenvalue weighted by molar-refractivity contribution is 8.00. The molecule has 7 heteroatoms. The van der Waals surface area contributed by atoms with Crippen LogP contribution in [0.25, 0.3) is 11.1 Å². The van der Waals surface area contributed by atoms with Gasteiger partial charge in [0, 0.05) is 21.5 Å². The first-order valence-corrected chi connectivity index (χ1v) is 11.3. The highest BCUT2D eigenvalue weighted by atomic mass is 32.2. The standard InChI is InChI=1S/C23H24N2O3S2/c1-4-19(30-17-7-5-6-16(24)12-17)21(26)25-22-20(23(27)28-3)18(13-29-22)15-10-8-14(2)9-11-15/h5-13,19H,4,24H2,1-3H3,(H,25,26). The Morgan fingerprint density at radius 1 is 1.20 bits per heavy atom. The van der Waals surface area contributed by atoms with Gasteiger partial charge in [-0.3, -0.25) is 4.79 Å². The second kappa shape index (κ2) is 9.82. The molecular weight excluding hydrogens is 416 g/mol. The van der Waals surface area contributed by atoms with Gasteiger partial charge in [0.1, 0.15) is 10.6 Å². The van der Waals surface area contributed by atoms with Crippen LogP contribution >= 0.6 is 23.1 Å². The lowest BCUT2D eigenvalue weighted by atomic mass is 10.0. The maximum Gasteiger partial charge on any atom is 0.341 e. The Morgan fingerprint density at radius 3 is 2.57 bits per heavy atom. The van der Waals surface area contributed by atoms with E-state index in [1.165, 1.54) is 30.2 Å². The van der Waals surface area contributed by atoms with Gasteiger partial charge in [-0.2, -0.15) is 0 Å². The number of esters is 1. The topological polar surface area (TPSA) is 81.4 Å². The minimum Gasteiger partial charge on any atom is -0.465 e. The Hall–Kier alpha value is -2.77. The van der Waals surface area contributed by atoms with Crippen molar-refractivity contribution in [3.05, 3.63) is 65.0 Å². The van der Waals surface area contributed by atoms with Gasteiger partial charge in [-0.15, -0.1) is 23.1 Å². The molecule has 0 radical (unpaired) electrons. The van der Waals surface area contributed by atoms with E-state index in [1.807, 2.05) is 67.8 Å². The lowest BCUT2D eigenvalue weighted by Crippen LogP contribution is -2.25. The summed E-state index contributed by atoms with van der Waals surface area (Å²) in [5, 5.41) is 4.99. The predicted octanol–water partition coefficient (Wildman–Crippen LogP) is 5.60. The van der Waals surface area contributed by atoms with E-state index in [1.54, 1.807) is 0 Å². The second-order valence-electron chi connectivity index (χ2n) is 6.79. The average molecular weight is 441 g/mol. The fourth-order valence-corrected chi connectivity index (χ4v) is 4.95. The van der Waals surface area contributed by atoms with Crippen molar-refractivity contribution in [2.45, 2.75) is 30.4 Å². The molecule has 2 aromatic carbocycles. The number of nitrogens with two attached hydrogens (primary N) is 1. The first kappa shape index (κ1) is 21.9. The SMILES string of the molecule is CCC(Sc1cccc(N)c1)C(=O)Nc1scc(-c2ccc(C)cc2)c1C(=O)OC. The molecule has 3 N–H and O–H groups in total. The molecule has 0 bridgehead atoms. The zero-order valence-corrected chi connectivity index (χ0v) is 18.7. The van der Waals surface area contributed by atoms with Crippen LogP contribution in [0, 0.1) is 6.92 Å². The smallest absolute Gasteiger partial charge is 0.341 e. The van der Waals surface area contributed by atoms with E-state index >= 15 is 0 Å². The molecule has 0 spiro atoms.